The molecule has 1 N–H and O–H groups in total. The van der Waals surface area contributed by atoms with Crippen molar-refractivity contribution in [3.8, 4) is 0 Å². The predicted molar refractivity (Wildman–Crippen MR) is 60.1 cm³/mol. The van der Waals surface area contributed by atoms with E-state index in [-0.39, 0.29) is 5.56 Å². The van der Waals surface area contributed by atoms with Gasteiger partial charge in [-0.1, -0.05) is 11.6 Å². The number of carbonyl (C=O) groups excluding carboxylic acids is 1. The molecule has 84 valence electrons. The molecule has 0 saturated heterocycles. The lowest BCUT2D eigenvalue weighted by Crippen LogP contribution is -2.14. The molecule has 1 aromatic rings. The first-order valence-electron chi connectivity index (χ1n) is 5.18. The average Bonchev–Trinajstić information content (AvgIpc) is 2.28. The number of Topliss-reactive ketones (excluding diaryl/α,β-unsaturated/α-hetero) is 1. The number of ketones is 1. The minimum absolute atomic E-state index is 0.179. The molecule has 0 saturated carbocycles. The molecule has 1 aromatic carbocycles. The molecule has 0 spiro atoms. The van der Waals surface area contributed by atoms with Crippen LogP contribution in [0.2, 0.25) is 5.02 Å². The summed E-state index contributed by atoms with van der Waals surface area (Å²) in [5.74, 6) is -2.33. The van der Waals surface area contributed by atoms with E-state index in [1.54, 1.807) is 6.07 Å². The number of carboxylic acid groups (broad SMARTS) is 1. The Hall–Kier alpha value is -1.35. The third-order valence-electron chi connectivity index (χ3n) is 2.87. The van der Waals surface area contributed by atoms with Gasteiger partial charge in [-0.15, -0.1) is 0 Å². The Balaban J connectivity index is 2.47. The summed E-state index contributed by atoms with van der Waals surface area (Å²) < 4.78 is 0. The molecule has 0 unspecified atom stereocenters. The second-order valence-corrected chi connectivity index (χ2v) is 4.34. The summed E-state index contributed by atoms with van der Waals surface area (Å²) in [5.41, 5.74) is 2.26. The highest BCUT2D eigenvalue weighted by atomic mass is 35.5. The van der Waals surface area contributed by atoms with E-state index in [1.165, 1.54) is 6.07 Å². The van der Waals surface area contributed by atoms with Crippen molar-refractivity contribution in [2.24, 2.45) is 0 Å². The molecule has 0 atom stereocenters. The van der Waals surface area contributed by atoms with Gasteiger partial charge in [0.05, 0.1) is 0 Å². The van der Waals surface area contributed by atoms with Gasteiger partial charge in [0, 0.05) is 10.6 Å². The van der Waals surface area contributed by atoms with Gasteiger partial charge in [-0.2, -0.15) is 0 Å². The Morgan fingerprint density at radius 2 is 1.88 bits per heavy atom. The fraction of sp³-hybridized carbons (Fsp3) is 0.333. The molecule has 1 aliphatic rings. The zero-order valence-corrected chi connectivity index (χ0v) is 9.38. The summed E-state index contributed by atoms with van der Waals surface area (Å²) in [6, 6.07) is 3.12. The molecular formula is C12H11ClO3. The van der Waals surface area contributed by atoms with Crippen molar-refractivity contribution in [1.82, 2.24) is 0 Å². The first-order valence-corrected chi connectivity index (χ1v) is 5.56. The van der Waals surface area contributed by atoms with E-state index in [2.05, 4.69) is 0 Å². The zero-order chi connectivity index (χ0) is 11.7. The maximum absolute atomic E-state index is 11.3. The smallest absolute Gasteiger partial charge is 0.377 e. The normalized spacial score (nSPS) is 14.3. The van der Waals surface area contributed by atoms with Gasteiger partial charge in [0.1, 0.15) is 0 Å². The summed E-state index contributed by atoms with van der Waals surface area (Å²) in [6.45, 7) is 0. The number of aliphatic carboxylic acids is 1. The van der Waals surface area contributed by atoms with Crippen molar-refractivity contribution in [2.45, 2.75) is 25.7 Å². The molecule has 16 heavy (non-hydrogen) atoms. The van der Waals surface area contributed by atoms with E-state index < -0.39 is 11.8 Å². The maximum Gasteiger partial charge on any atom is 0.377 e. The van der Waals surface area contributed by atoms with Crippen molar-refractivity contribution >= 4 is 23.4 Å². The van der Waals surface area contributed by atoms with Crippen molar-refractivity contribution in [3.05, 3.63) is 33.8 Å². The minimum atomic E-state index is -1.44. The lowest BCUT2D eigenvalue weighted by Gasteiger charge is -2.17. The number of halogens is 1. The van der Waals surface area contributed by atoms with Crippen molar-refractivity contribution in [1.29, 1.82) is 0 Å². The maximum atomic E-state index is 11.3. The topological polar surface area (TPSA) is 54.4 Å². The number of fused-ring (bicyclic) bond motifs is 1. The summed E-state index contributed by atoms with van der Waals surface area (Å²) in [6.07, 6.45) is 3.94. The Kier molecular flexibility index (Phi) is 2.97. The highest BCUT2D eigenvalue weighted by molar-refractivity contribution is 6.40. The van der Waals surface area contributed by atoms with E-state index in [1.807, 2.05) is 0 Å². The predicted octanol–water partition coefficient (Wildman–Crippen LogP) is 2.49. The molecular weight excluding hydrogens is 228 g/mol. The van der Waals surface area contributed by atoms with Gasteiger partial charge >= 0.3 is 5.97 Å². The molecule has 0 bridgehead atoms. The molecule has 0 heterocycles. The van der Waals surface area contributed by atoms with Crippen LogP contribution in [0.15, 0.2) is 12.1 Å². The zero-order valence-electron chi connectivity index (χ0n) is 8.62. The second kappa shape index (κ2) is 4.26. The summed E-state index contributed by atoms with van der Waals surface area (Å²) in [4.78, 5) is 21.9. The van der Waals surface area contributed by atoms with Crippen LogP contribution in [-0.4, -0.2) is 16.9 Å². The molecule has 4 heteroatoms. The number of carbonyl (C=O) groups is 2. The summed E-state index contributed by atoms with van der Waals surface area (Å²) in [7, 11) is 0. The first kappa shape index (κ1) is 11.1. The van der Waals surface area contributed by atoms with Gasteiger partial charge in [-0.25, -0.2) is 4.79 Å². The third-order valence-corrected chi connectivity index (χ3v) is 3.20. The summed E-state index contributed by atoms with van der Waals surface area (Å²) in [5, 5.41) is 9.15. The van der Waals surface area contributed by atoms with Crippen LogP contribution in [0.3, 0.4) is 0 Å². The number of aryl methyl sites for hydroxylation is 1. The second-order valence-electron chi connectivity index (χ2n) is 3.94. The van der Waals surface area contributed by atoms with E-state index in [0.29, 0.717) is 5.02 Å². The van der Waals surface area contributed by atoms with Gasteiger partial charge in [-0.3, -0.25) is 4.79 Å². The van der Waals surface area contributed by atoms with Crippen LogP contribution in [-0.2, 0) is 17.6 Å². The molecule has 0 fully saturated rings. The van der Waals surface area contributed by atoms with Crippen molar-refractivity contribution in [2.75, 3.05) is 0 Å². The van der Waals surface area contributed by atoms with Gasteiger partial charge in [0.15, 0.2) is 0 Å². The monoisotopic (exact) mass is 238 g/mol. The lowest BCUT2D eigenvalue weighted by atomic mass is 9.89. The van der Waals surface area contributed by atoms with E-state index in [4.69, 9.17) is 16.7 Å². The standard InChI is InChI=1S/C12H11ClO3/c13-10-6-8(11(14)12(15)16)5-7-3-1-2-4-9(7)10/h5-6H,1-4H2,(H,15,16). The Morgan fingerprint density at radius 3 is 2.56 bits per heavy atom. The van der Waals surface area contributed by atoms with Crippen LogP contribution >= 0.6 is 11.6 Å². The largest absolute Gasteiger partial charge is 0.475 e. The number of carboxylic acids is 1. The number of hydrogen-bond donors (Lipinski definition) is 1. The number of hydrogen-bond acceptors (Lipinski definition) is 2. The molecule has 0 amide bonds. The van der Waals surface area contributed by atoms with Crippen LogP contribution < -0.4 is 0 Å². The van der Waals surface area contributed by atoms with E-state index in [9.17, 15) is 9.59 Å². The van der Waals surface area contributed by atoms with Gasteiger partial charge in [0.2, 0.25) is 0 Å². The lowest BCUT2D eigenvalue weighted by molar-refractivity contribution is -0.131. The van der Waals surface area contributed by atoms with Crippen LogP contribution in [0, 0.1) is 0 Å². The first-order chi connectivity index (χ1) is 7.59. The number of benzene rings is 1. The van der Waals surface area contributed by atoms with Gasteiger partial charge in [0.25, 0.3) is 5.78 Å². The highest BCUT2D eigenvalue weighted by Gasteiger charge is 2.20. The van der Waals surface area contributed by atoms with E-state index >= 15 is 0 Å². The van der Waals surface area contributed by atoms with Crippen molar-refractivity contribution in [3.63, 3.8) is 0 Å². The third kappa shape index (κ3) is 1.95. The Labute approximate surface area is 98.0 Å². The molecule has 0 aliphatic heterocycles. The Bertz CT molecular complexity index is 466. The van der Waals surface area contributed by atoms with Crippen LogP contribution in [0.5, 0.6) is 0 Å². The minimum Gasteiger partial charge on any atom is -0.475 e. The molecule has 1 aliphatic carbocycles. The van der Waals surface area contributed by atoms with Crippen LogP contribution in [0.25, 0.3) is 0 Å². The SMILES string of the molecule is O=C(O)C(=O)c1cc(Cl)c2c(c1)CCCC2. The molecule has 0 radical (unpaired) electrons. The van der Waals surface area contributed by atoms with Crippen LogP contribution in [0.1, 0.15) is 34.3 Å². The summed E-state index contributed by atoms with van der Waals surface area (Å²) >= 11 is 6.05. The van der Waals surface area contributed by atoms with Crippen molar-refractivity contribution < 1.29 is 14.7 Å². The highest BCUT2D eigenvalue weighted by Crippen LogP contribution is 2.29. The molecule has 3 nitrogen and oxygen atoms in total. The van der Waals surface area contributed by atoms with Gasteiger partial charge in [-0.05, 0) is 48.9 Å². The number of rotatable bonds is 2. The van der Waals surface area contributed by atoms with Gasteiger partial charge < -0.3 is 5.11 Å². The molecule has 2 rings (SSSR count). The van der Waals surface area contributed by atoms with Crippen LogP contribution in [0.4, 0.5) is 0 Å². The fourth-order valence-corrected chi connectivity index (χ4v) is 2.40. The fourth-order valence-electron chi connectivity index (χ4n) is 2.07. The average molecular weight is 239 g/mol. The van der Waals surface area contributed by atoms with E-state index in [0.717, 1.165) is 36.8 Å². The quantitative estimate of drug-likeness (QED) is 0.636. The Morgan fingerprint density at radius 1 is 1.19 bits per heavy atom. The molecule has 0 aromatic heterocycles.